The summed E-state index contributed by atoms with van der Waals surface area (Å²) in [5.41, 5.74) is 7.80. The monoisotopic (exact) mass is 448 g/mol. The Morgan fingerprint density at radius 3 is 2.90 bits per heavy atom. The summed E-state index contributed by atoms with van der Waals surface area (Å²) < 4.78 is 1.24. The Hall–Kier alpha value is -2.48. The molecule has 0 saturated carbocycles. The molecule has 1 aromatic carbocycles. The molecular formula is C24H24N4OS2. The molecule has 158 valence electrons. The Morgan fingerprint density at radius 2 is 2.03 bits per heavy atom. The molecule has 0 N–H and O–H groups in total. The predicted molar refractivity (Wildman–Crippen MR) is 127 cm³/mol. The van der Waals surface area contributed by atoms with Crippen molar-refractivity contribution < 1.29 is 4.79 Å². The van der Waals surface area contributed by atoms with Crippen molar-refractivity contribution in [3.63, 3.8) is 0 Å². The lowest BCUT2D eigenvalue weighted by molar-refractivity contribution is -0.116. The van der Waals surface area contributed by atoms with Crippen LogP contribution in [0.25, 0.3) is 20.8 Å². The van der Waals surface area contributed by atoms with E-state index in [4.69, 9.17) is 4.98 Å². The van der Waals surface area contributed by atoms with E-state index in [2.05, 4.69) is 52.1 Å². The van der Waals surface area contributed by atoms with E-state index in [1.54, 1.807) is 29.6 Å². The number of rotatable bonds is 5. The summed E-state index contributed by atoms with van der Waals surface area (Å²) in [6, 6.07) is 11.3. The highest BCUT2D eigenvalue weighted by atomic mass is 32.1. The summed E-state index contributed by atoms with van der Waals surface area (Å²) in [5.74, 6) is 0.138. The standard InChI is InChI=1S/C24H24N4OS2/c1-15(29)11-24-25-13-23(31-24)20-5-3-17-7-9-28(10-8-19(17)27-20)16(2)18-4-6-22-21(12-18)26-14-30-22/h3-6,12-14,16H,7-11H2,1-2H3/t16-/m1/s1. The molecule has 0 aliphatic carbocycles. The number of aromatic nitrogens is 3. The molecule has 4 aromatic rings. The first kappa shape index (κ1) is 20.4. The smallest absolute Gasteiger partial charge is 0.136 e. The van der Waals surface area contributed by atoms with Gasteiger partial charge in [-0.3, -0.25) is 14.7 Å². The molecule has 5 rings (SSSR count). The van der Waals surface area contributed by atoms with Crippen LogP contribution in [0.3, 0.4) is 0 Å². The molecule has 3 aromatic heterocycles. The van der Waals surface area contributed by atoms with Crippen molar-refractivity contribution in [2.45, 2.75) is 39.2 Å². The highest BCUT2D eigenvalue weighted by Crippen LogP contribution is 2.30. The third-order valence-corrected chi connectivity index (χ3v) is 7.79. The SMILES string of the molecule is CC(=O)Cc1ncc(-c2ccc3c(n2)CCN([C@H](C)c2ccc4scnc4c2)CC3)s1. The normalized spacial score (nSPS) is 15.5. The van der Waals surface area contributed by atoms with E-state index in [-0.39, 0.29) is 5.78 Å². The van der Waals surface area contributed by atoms with Crippen LogP contribution in [0.5, 0.6) is 0 Å². The Balaban J connectivity index is 1.33. The second-order valence-electron chi connectivity index (χ2n) is 8.09. The van der Waals surface area contributed by atoms with Gasteiger partial charge >= 0.3 is 0 Å². The molecule has 0 fully saturated rings. The minimum absolute atomic E-state index is 0.138. The number of fused-ring (bicyclic) bond motifs is 2. The van der Waals surface area contributed by atoms with E-state index < -0.39 is 0 Å². The number of hydrogen-bond acceptors (Lipinski definition) is 7. The Kier molecular flexibility index (Phi) is 5.65. The maximum absolute atomic E-state index is 11.4. The highest BCUT2D eigenvalue weighted by Gasteiger charge is 2.21. The van der Waals surface area contributed by atoms with Crippen LogP contribution in [0, 0.1) is 0 Å². The molecular weight excluding hydrogens is 424 g/mol. The number of hydrogen-bond donors (Lipinski definition) is 0. The molecule has 5 nitrogen and oxygen atoms in total. The second-order valence-corrected chi connectivity index (χ2v) is 10.1. The van der Waals surface area contributed by atoms with Crippen LogP contribution in [-0.2, 0) is 24.1 Å². The number of Topliss-reactive ketones (excluding diaryl/α,β-unsaturated/α-hetero) is 1. The summed E-state index contributed by atoms with van der Waals surface area (Å²) in [6.07, 6.45) is 4.18. The van der Waals surface area contributed by atoms with E-state index >= 15 is 0 Å². The Labute approximate surface area is 189 Å². The third kappa shape index (κ3) is 4.31. The van der Waals surface area contributed by atoms with Crippen molar-refractivity contribution in [1.29, 1.82) is 0 Å². The molecule has 0 saturated heterocycles. The summed E-state index contributed by atoms with van der Waals surface area (Å²) in [5, 5.41) is 0.858. The molecule has 7 heteroatoms. The topological polar surface area (TPSA) is 59.0 Å². The quantitative estimate of drug-likeness (QED) is 0.425. The molecule has 0 amide bonds. The highest BCUT2D eigenvalue weighted by molar-refractivity contribution is 7.16. The first-order chi connectivity index (χ1) is 15.1. The van der Waals surface area contributed by atoms with Gasteiger partial charge in [0.05, 0.1) is 32.7 Å². The third-order valence-electron chi connectivity index (χ3n) is 5.96. The fourth-order valence-electron chi connectivity index (χ4n) is 4.19. The molecule has 0 unspecified atom stereocenters. The van der Waals surface area contributed by atoms with Crippen molar-refractivity contribution in [3.8, 4) is 10.6 Å². The molecule has 1 atom stereocenters. The lowest BCUT2D eigenvalue weighted by Gasteiger charge is -2.27. The largest absolute Gasteiger partial charge is 0.300 e. The van der Waals surface area contributed by atoms with Crippen molar-refractivity contribution in [1.82, 2.24) is 19.9 Å². The van der Waals surface area contributed by atoms with Crippen LogP contribution in [0.4, 0.5) is 0 Å². The van der Waals surface area contributed by atoms with Gasteiger partial charge in [0.1, 0.15) is 10.8 Å². The number of carbonyl (C=O) groups is 1. The number of nitrogens with zero attached hydrogens (tertiary/aromatic N) is 4. The number of carbonyl (C=O) groups excluding carboxylic acids is 1. The van der Waals surface area contributed by atoms with Crippen LogP contribution < -0.4 is 0 Å². The van der Waals surface area contributed by atoms with Crippen molar-refractivity contribution >= 4 is 38.7 Å². The van der Waals surface area contributed by atoms with E-state index in [1.165, 1.54) is 21.5 Å². The van der Waals surface area contributed by atoms with Crippen molar-refractivity contribution in [3.05, 3.63) is 63.9 Å². The summed E-state index contributed by atoms with van der Waals surface area (Å²) in [6.45, 7) is 5.89. The lowest BCUT2D eigenvalue weighted by atomic mass is 10.1. The second kappa shape index (κ2) is 8.57. The minimum Gasteiger partial charge on any atom is -0.300 e. The first-order valence-electron chi connectivity index (χ1n) is 10.6. The van der Waals surface area contributed by atoms with E-state index in [1.807, 2.05) is 11.7 Å². The molecule has 0 spiro atoms. The molecule has 0 bridgehead atoms. The Morgan fingerprint density at radius 1 is 1.16 bits per heavy atom. The summed E-state index contributed by atoms with van der Waals surface area (Å²) in [4.78, 5) is 28.8. The van der Waals surface area contributed by atoms with E-state index in [0.717, 1.165) is 47.0 Å². The van der Waals surface area contributed by atoms with Gasteiger partial charge in [-0.2, -0.15) is 0 Å². The average molecular weight is 449 g/mol. The van der Waals surface area contributed by atoms with Crippen LogP contribution in [0.1, 0.15) is 41.7 Å². The average Bonchev–Trinajstić information content (AvgIpc) is 3.37. The lowest BCUT2D eigenvalue weighted by Crippen LogP contribution is -2.29. The van der Waals surface area contributed by atoms with Crippen LogP contribution in [0.15, 0.2) is 42.0 Å². The van der Waals surface area contributed by atoms with Gasteiger partial charge in [-0.25, -0.2) is 9.97 Å². The van der Waals surface area contributed by atoms with E-state index in [0.29, 0.717) is 12.5 Å². The predicted octanol–water partition coefficient (Wildman–Crippen LogP) is 5.11. The maximum Gasteiger partial charge on any atom is 0.136 e. The van der Waals surface area contributed by atoms with Gasteiger partial charge in [0.25, 0.3) is 0 Å². The fourth-order valence-corrected chi connectivity index (χ4v) is 5.81. The summed E-state index contributed by atoms with van der Waals surface area (Å²) in [7, 11) is 0. The van der Waals surface area contributed by atoms with Crippen molar-refractivity contribution in [2.24, 2.45) is 0 Å². The molecule has 0 radical (unpaired) electrons. The van der Waals surface area contributed by atoms with Crippen LogP contribution >= 0.6 is 22.7 Å². The fraction of sp³-hybridized carbons (Fsp3) is 0.333. The molecule has 1 aliphatic rings. The molecule has 31 heavy (non-hydrogen) atoms. The minimum atomic E-state index is 0.138. The van der Waals surface area contributed by atoms with Gasteiger partial charge in [0.15, 0.2) is 0 Å². The number of thiazole rings is 2. The van der Waals surface area contributed by atoms with Crippen LogP contribution in [-0.4, -0.2) is 38.7 Å². The first-order valence-corrected chi connectivity index (χ1v) is 12.3. The van der Waals surface area contributed by atoms with Gasteiger partial charge < -0.3 is 0 Å². The zero-order chi connectivity index (χ0) is 21.4. The van der Waals surface area contributed by atoms with E-state index in [9.17, 15) is 4.79 Å². The molecule has 1 aliphatic heterocycles. The van der Waals surface area contributed by atoms with Gasteiger partial charge in [-0.15, -0.1) is 22.7 Å². The van der Waals surface area contributed by atoms with Gasteiger partial charge in [0.2, 0.25) is 0 Å². The van der Waals surface area contributed by atoms with Crippen LogP contribution in [0.2, 0.25) is 0 Å². The number of ketones is 1. The van der Waals surface area contributed by atoms with Gasteiger partial charge in [-0.1, -0.05) is 12.1 Å². The maximum atomic E-state index is 11.4. The summed E-state index contributed by atoms with van der Waals surface area (Å²) >= 11 is 3.25. The Bertz CT molecular complexity index is 1250. The van der Waals surface area contributed by atoms with Gasteiger partial charge in [-0.05, 0) is 49.6 Å². The zero-order valence-electron chi connectivity index (χ0n) is 17.7. The molecule has 4 heterocycles. The number of benzene rings is 1. The van der Waals surface area contributed by atoms with Gasteiger partial charge in [0, 0.05) is 37.4 Å². The number of pyridine rings is 1. The van der Waals surface area contributed by atoms with Crippen molar-refractivity contribution in [2.75, 3.05) is 13.1 Å². The zero-order valence-corrected chi connectivity index (χ0v) is 19.3.